The molecule has 1 aliphatic rings. The van der Waals surface area contributed by atoms with Crippen LogP contribution in [-0.4, -0.2) is 83.3 Å². The molecule has 1 amide bonds. The number of carbonyl (C=O) groups excluding carboxylic acids is 1. The Labute approximate surface area is 220 Å². The standard InChI is InChI=1S/C21H32N4O9S3/c1-4-24(21(26)34-16-8-5-7-15(11-16)14-33-25(27)28)18-13-23(9-6-10-32-2)37(30,31)20-17(18)12-19(35-20)36(3,22)29/h5,7-8,11-12,18,27-28,36H,4,6,9-10,13-14H2,1-3H3,(H2,22,29)/t18-/m0/s1. The summed E-state index contributed by atoms with van der Waals surface area (Å²) in [5, 5.41) is 22.9. The second-order valence-corrected chi connectivity index (χ2v) is 14.3. The molecule has 37 heavy (non-hydrogen) atoms. The molecule has 3 rings (SSSR count). The van der Waals surface area contributed by atoms with Crippen molar-refractivity contribution >= 4 is 37.6 Å². The van der Waals surface area contributed by atoms with Gasteiger partial charge in [0.25, 0.3) is 10.0 Å². The zero-order chi connectivity index (χ0) is 27.4. The number of hydrogen-bond donors (Lipinski definition) is 4. The van der Waals surface area contributed by atoms with Crippen molar-refractivity contribution in [2.24, 2.45) is 5.14 Å². The molecule has 0 bridgehead atoms. The van der Waals surface area contributed by atoms with Crippen LogP contribution in [0.3, 0.4) is 0 Å². The molecule has 0 saturated heterocycles. The first kappa shape index (κ1) is 29.6. The molecule has 4 N–H and O–H groups in total. The molecule has 0 unspecified atom stereocenters. The van der Waals surface area contributed by atoms with Crippen LogP contribution in [0.5, 0.6) is 5.75 Å². The Balaban J connectivity index is 1.93. The summed E-state index contributed by atoms with van der Waals surface area (Å²) < 4.78 is 51.6. The highest BCUT2D eigenvalue weighted by molar-refractivity contribution is 8.02. The van der Waals surface area contributed by atoms with Gasteiger partial charge in [0.1, 0.15) is 9.96 Å². The lowest BCUT2D eigenvalue weighted by Crippen LogP contribution is -2.47. The first-order chi connectivity index (χ1) is 17.4. The van der Waals surface area contributed by atoms with Gasteiger partial charge >= 0.3 is 6.09 Å². The molecular weight excluding hydrogens is 548 g/mol. The third-order valence-corrected chi connectivity index (χ3v) is 11.3. The number of ether oxygens (including phenoxy) is 2. The summed E-state index contributed by atoms with van der Waals surface area (Å²) in [4.78, 5) is 19.3. The van der Waals surface area contributed by atoms with Crippen molar-refractivity contribution in [3.05, 3.63) is 41.5 Å². The molecule has 16 heteroatoms. The maximum Gasteiger partial charge on any atom is 0.415 e. The van der Waals surface area contributed by atoms with Gasteiger partial charge in [0.2, 0.25) is 0 Å². The van der Waals surface area contributed by atoms with Crippen LogP contribution in [0.15, 0.2) is 38.8 Å². The maximum absolute atomic E-state index is 13.4. The van der Waals surface area contributed by atoms with Crippen molar-refractivity contribution in [1.29, 1.82) is 0 Å². The predicted octanol–water partition coefficient (Wildman–Crippen LogP) is 1.74. The molecule has 208 valence electrons. The number of thiophene rings is 1. The van der Waals surface area contributed by atoms with Crippen LogP contribution in [0.4, 0.5) is 4.79 Å². The van der Waals surface area contributed by atoms with Gasteiger partial charge in [-0.1, -0.05) is 12.1 Å². The van der Waals surface area contributed by atoms with Gasteiger partial charge in [0.05, 0.1) is 22.2 Å². The molecule has 2 aromatic rings. The van der Waals surface area contributed by atoms with Crippen molar-refractivity contribution in [3.8, 4) is 5.75 Å². The Morgan fingerprint density at radius 1 is 1.32 bits per heavy atom. The average Bonchev–Trinajstić information content (AvgIpc) is 3.29. The first-order valence-electron chi connectivity index (χ1n) is 11.3. The molecule has 13 nitrogen and oxygen atoms in total. The topological polar surface area (TPSA) is 172 Å². The van der Waals surface area contributed by atoms with Gasteiger partial charge in [0.15, 0.2) is 0 Å². The monoisotopic (exact) mass is 580 g/mol. The Bertz CT molecular complexity index is 1250. The third kappa shape index (κ3) is 7.11. The van der Waals surface area contributed by atoms with E-state index in [-0.39, 0.29) is 40.4 Å². The second-order valence-electron chi connectivity index (χ2n) is 8.37. The number of fused-ring (bicyclic) bond motifs is 1. The third-order valence-electron chi connectivity index (χ3n) is 5.62. The van der Waals surface area contributed by atoms with E-state index in [2.05, 4.69) is 4.84 Å². The summed E-state index contributed by atoms with van der Waals surface area (Å²) in [6.45, 7) is 2.25. The fourth-order valence-electron chi connectivity index (χ4n) is 3.86. The lowest BCUT2D eigenvalue weighted by molar-refractivity contribution is -0.497. The molecule has 1 aliphatic heterocycles. The zero-order valence-electron chi connectivity index (χ0n) is 20.6. The van der Waals surface area contributed by atoms with Crippen molar-refractivity contribution in [3.63, 3.8) is 0 Å². The number of rotatable bonds is 11. The van der Waals surface area contributed by atoms with Crippen LogP contribution in [-0.2, 0) is 36.3 Å². The number of nitrogens with two attached hydrogens (primary N) is 1. The van der Waals surface area contributed by atoms with Crippen molar-refractivity contribution in [2.75, 3.05) is 39.6 Å². The molecule has 0 aliphatic carbocycles. The van der Waals surface area contributed by atoms with E-state index in [0.717, 1.165) is 11.3 Å². The maximum atomic E-state index is 13.4. The van der Waals surface area contributed by atoms with E-state index in [9.17, 15) is 17.4 Å². The Morgan fingerprint density at radius 2 is 2.05 bits per heavy atom. The van der Waals surface area contributed by atoms with E-state index in [1.54, 1.807) is 25.1 Å². The molecule has 0 spiro atoms. The van der Waals surface area contributed by atoms with Crippen LogP contribution in [0, 0.1) is 0 Å². The van der Waals surface area contributed by atoms with Crippen LogP contribution in [0.1, 0.15) is 30.5 Å². The van der Waals surface area contributed by atoms with Gasteiger partial charge < -0.3 is 9.47 Å². The number of hydrogen-bond acceptors (Lipinski definition) is 11. The van der Waals surface area contributed by atoms with Gasteiger partial charge in [-0.05, 0) is 47.2 Å². The van der Waals surface area contributed by atoms with Crippen molar-refractivity contribution < 1.29 is 42.1 Å². The van der Waals surface area contributed by atoms with E-state index in [4.69, 9.17) is 25.0 Å². The predicted molar refractivity (Wildman–Crippen MR) is 135 cm³/mol. The van der Waals surface area contributed by atoms with Crippen LogP contribution >= 0.6 is 11.3 Å². The van der Waals surface area contributed by atoms with Crippen LogP contribution < -0.4 is 9.88 Å². The van der Waals surface area contributed by atoms with Gasteiger partial charge in [-0.15, -0.1) is 11.3 Å². The number of likely N-dealkylation sites (N-methyl/N-ethyl adjacent to an activating group) is 1. The minimum atomic E-state index is -3.90. The van der Waals surface area contributed by atoms with Crippen molar-refractivity contribution in [2.45, 2.75) is 34.4 Å². The zero-order valence-corrected chi connectivity index (χ0v) is 23.2. The fourth-order valence-corrected chi connectivity index (χ4v) is 8.57. The summed E-state index contributed by atoms with van der Waals surface area (Å²) in [5.74, 6) is 0.179. The number of sulfonamides is 1. The number of thiol groups is 1. The summed E-state index contributed by atoms with van der Waals surface area (Å²) in [7, 11) is -5.63. The minimum Gasteiger partial charge on any atom is -0.410 e. The Morgan fingerprint density at radius 3 is 2.68 bits per heavy atom. The Hall–Kier alpha value is -1.99. The molecule has 1 atom stereocenters. The highest BCUT2D eigenvalue weighted by atomic mass is 32.3. The van der Waals surface area contributed by atoms with Crippen LogP contribution in [0.2, 0.25) is 0 Å². The smallest absolute Gasteiger partial charge is 0.410 e. The molecule has 2 heterocycles. The summed E-state index contributed by atoms with van der Waals surface area (Å²) in [6.07, 6.45) is 1.08. The lowest BCUT2D eigenvalue weighted by atomic mass is 10.1. The minimum absolute atomic E-state index is 0.00616. The largest absolute Gasteiger partial charge is 0.415 e. The molecule has 0 fully saturated rings. The normalized spacial score (nSPS) is 18.0. The highest BCUT2D eigenvalue weighted by Crippen LogP contribution is 2.43. The summed E-state index contributed by atoms with van der Waals surface area (Å²) >= 11 is 0.863. The van der Waals surface area contributed by atoms with Gasteiger partial charge in [-0.3, -0.25) is 24.7 Å². The number of carbonyl (C=O) groups is 1. The molecular formula is C21H32N4O9S3. The molecule has 1 aromatic heterocycles. The van der Waals surface area contributed by atoms with E-state index < -0.39 is 37.7 Å². The van der Waals surface area contributed by atoms with Gasteiger partial charge in [-0.25, -0.2) is 18.0 Å². The SMILES string of the molecule is CCN(C(=O)Oc1cccc(CON(O)O)c1)[C@H]1CN(CCCOC)S(=O)(=O)c2sc([SH](C)(N)=O)cc21. The molecule has 1 aromatic carbocycles. The fraction of sp³-hybridized carbons (Fsp3) is 0.476. The summed E-state index contributed by atoms with van der Waals surface area (Å²) in [5.41, 5.74) is 0.850. The van der Waals surface area contributed by atoms with Gasteiger partial charge in [0, 0.05) is 45.2 Å². The van der Waals surface area contributed by atoms with Crippen molar-refractivity contribution in [1.82, 2.24) is 14.6 Å². The second kappa shape index (κ2) is 12.2. The Kier molecular flexibility index (Phi) is 9.79. The molecule has 0 saturated carbocycles. The van der Waals surface area contributed by atoms with E-state index >= 15 is 0 Å². The van der Waals surface area contributed by atoms with E-state index in [1.807, 2.05) is 0 Å². The molecule has 0 radical (unpaired) electrons. The van der Waals surface area contributed by atoms with E-state index in [1.165, 1.54) is 34.7 Å². The quantitative estimate of drug-likeness (QED) is 0.174. The highest BCUT2D eigenvalue weighted by Gasteiger charge is 2.43. The lowest BCUT2D eigenvalue weighted by Gasteiger charge is -2.37. The van der Waals surface area contributed by atoms with E-state index in [0.29, 0.717) is 24.2 Å². The number of amides is 1. The average molecular weight is 581 g/mol. The summed E-state index contributed by atoms with van der Waals surface area (Å²) in [6, 6.07) is 7.08. The number of nitrogens with zero attached hydrogens (tertiary/aromatic N) is 3. The van der Waals surface area contributed by atoms with Gasteiger partial charge in [-0.2, -0.15) is 4.31 Å². The van der Waals surface area contributed by atoms with Crippen LogP contribution in [0.25, 0.3) is 0 Å². The number of benzene rings is 1. The number of methoxy groups -OCH3 is 1. The first-order valence-corrected chi connectivity index (χ1v) is 15.7.